The molecule has 15 heavy (non-hydrogen) atoms. The topological polar surface area (TPSA) is 30.5 Å². The van der Waals surface area contributed by atoms with Crippen molar-refractivity contribution in [2.45, 2.75) is 25.7 Å². The molecule has 1 rings (SSSR count). The first kappa shape index (κ1) is 15.2. The first-order chi connectivity index (χ1) is 6.93. The molecule has 0 aromatic carbocycles. The zero-order chi connectivity index (χ0) is 10.1. The summed E-state index contributed by atoms with van der Waals surface area (Å²) in [6.07, 6.45) is 4.92. The molecule has 0 bridgehead atoms. The minimum Gasteiger partial charge on any atom is -0.385 e. The molecule has 1 heterocycles. The summed E-state index contributed by atoms with van der Waals surface area (Å²) in [7, 11) is 1.73. The molecule has 1 N–H and O–H groups in total. The number of halogens is 1. The summed E-state index contributed by atoms with van der Waals surface area (Å²) in [4.78, 5) is 0. The van der Waals surface area contributed by atoms with Crippen LogP contribution in [0, 0.1) is 5.92 Å². The molecule has 0 radical (unpaired) electrons. The van der Waals surface area contributed by atoms with E-state index < -0.39 is 0 Å². The second-order valence-electron chi connectivity index (χ2n) is 3.96. The molecule has 0 aliphatic carbocycles. The lowest BCUT2D eigenvalue weighted by atomic mass is 9.97. The zero-order valence-corrected chi connectivity index (χ0v) is 10.5. The SMILES string of the molecule is COCCCOCCC1CCCNC1.Cl. The van der Waals surface area contributed by atoms with Crippen LogP contribution < -0.4 is 5.32 Å². The third-order valence-corrected chi connectivity index (χ3v) is 2.71. The lowest BCUT2D eigenvalue weighted by Gasteiger charge is -2.22. The average Bonchev–Trinajstić information content (AvgIpc) is 2.25. The summed E-state index contributed by atoms with van der Waals surface area (Å²) in [6.45, 7) is 4.95. The van der Waals surface area contributed by atoms with Crippen molar-refractivity contribution >= 4 is 12.4 Å². The van der Waals surface area contributed by atoms with E-state index in [0.29, 0.717) is 0 Å². The normalized spacial score (nSPS) is 21.0. The average molecular weight is 238 g/mol. The minimum absolute atomic E-state index is 0. The van der Waals surface area contributed by atoms with Gasteiger partial charge in [-0.1, -0.05) is 0 Å². The van der Waals surface area contributed by atoms with Gasteiger partial charge in [-0.2, -0.15) is 0 Å². The molecule has 92 valence electrons. The smallest absolute Gasteiger partial charge is 0.0487 e. The van der Waals surface area contributed by atoms with Crippen LogP contribution in [-0.2, 0) is 9.47 Å². The Morgan fingerprint density at radius 1 is 1.27 bits per heavy atom. The zero-order valence-electron chi connectivity index (χ0n) is 9.67. The van der Waals surface area contributed by atoms with E-state index in [9.17, 15) is 0 Å². The molecule has 3 nitrogen and oxygen atoms in total. The van der Waals surface area contributed by atoms with Crippen LogP contribution in [0.1, 0.15) is 25.7 Å². The summed E-state index contributed by atoms with van der Waals surface area (Å²) in [5, 5.41) is 3.42. The van der Waals surface area contributed by atoms with Gasteiger partial charge >= 0.3 is 0 Å². The van der Waals surface area contributed by atoms with E-state index in [4.69, 9.17) is 9.47 Å². The molecule has 1 aliphatic heterocycles. The monoisotopic (exact) mass is 237 g/mol. The highest BCUT2D eigenvalue weighted by atomic mass is 35.5. The second kappa shape index (κ2) is 10.7. The van der Waals surface area contributed by atoms with Crippen LogP contribution in [-0.4, -0.2) is 40.0 Å². The van der Waals surface area contributed by atoms with Gasteiger partial charge in [0.25, 0.3) is 0 Å². The maximum absolute atomic E-state index is 5.53. The molecule has 0 aromatic rings. The van der Waals surface area contributed by atoms with Crippen LogP contribution in [0.5, 0.6) is 0 Å². The van der Waals surface area contributed by atoms with Crippen LogP contribution in [0.3, 0.4) is 0 Å². The Bertz CT molecular complexity index is 130. The second-order valence-corrected chi connectivity index (χ2v) is 3.96. The fraction of sp³-hybridized carbons (Fsp3) is 1.00. The van der Waals surface area contributed by atoms with E-state index in [0.717, 1.165) is 32.2 Å². The van der Waals surface area contributed by atoms with Gasteiger partial charge in [0.2, 0.25) is 0 Å². The Balaban J connectivity index is 0.00000196. The largest absolute Gasteiger partial charge is 0.385 e. The van der Waals surface area contributed by atoms with E-state index in [1.807, 2.05) is 0 Å². The summed E-state index contributed by atoms with van der Waals surface area (Å²) in [5.41, 5.74) is 0. The third-order valence-electron chi connectivity index (χ3n) is 2.71. The lowest BCUT2D eigenvalue weighted by Crippen LogP contribution is -2.30. The molecule has 1 atom stereocenters. The Kier molecular flexibility index (Phi) is 10.8. The fourth-order valence-electron chi connectivity index (χ4n) is 1.83. The summed E-state index contributed by atoms with van der Waals surface area (Å²) in [6, 6.07) is 0. The Morgan fingerprint density at radius 2 is 2.13 bits per heavy atom. The Morgan fingerprint density at radius 3 is 2.80 bits per heavy atom. The van der Waals surface area contributed by atoms with Crippen molar-refractivity contribution in [2.24, 2.45) is 5.92 Å². The molecule has 1 saturated heterocycles. The highest BCUT2D eigenvalue weighted by molar-refractivity contribution is 5.85. The number of rotatable bonds is 7. The molecule has 1 aliphatic rings. The van der Waals surface area contributed by atoms with Gasteiger partial charge in [-0.25, -0.2) is 0 Å². The lowest BCUT2D eigenvalue weighted by molar-refractivity contribution is 0.0913. The molecule has 4 heteroatoms. The van der Waals surface area contributed by atoms with Gasteiger partial charge < -0.3 is 14.8 Å². The number of hydrogen-bond donors (Lipinski definition) is 1. The highest BCUT2D eigenvalue weighted by Crippen LogP contribution is 2.13. The molecule has 0 spiro atoms. The molecule has 0 saturated carbocycles. The highest BCUT2D eigenvalue weighted by Gasteiger charge is 2.11. The predicted molar refractivity (Wildman–Crippen MR) is 64.8 cm³/mol. The predicted octanol–water partition coefficient (Wildman–Crippen LogP) is 1.85. The summed E-state index contributed by atoms with van der Waals surface area (Å²) in [5.74, 6) is 0.839. The van der Waals surface area contributed by atoms with Gasteiger partial charge in [0.15, 0.2) is 0 Å². The van der Waals surface area contributed by atoms with Gasteiger partial charge in [-0.3, -0.25) is 0 Å². The quantitative estimate of drug-likeness (QED) is 0.686. The first-order valence-corrected chi connectivity index (χ1v) is 5.71. The number of ether oxygens (including phenoxy) is 2. The third kappa shape index (κ3) is 8.03. The van der Waals surface area contributed by atoms with Crippen molar-refractivity contribution in [2.75, 3.05) is 40.0 Å². The van der Waals surface area contributed by atoms with Crippen molar-refractivity contribution in [1.82, 2.24) is 5.32 Å². The van der Waals surface area contributed by atoms with Gasteiger partial charge in [-0.15, -0.1) is 12.4 Å². The maximum atomic E-state index is 5.53. The Hall–Kier alpha value is 0.170. The number of methoxy groups -OCH3 is 1. The fourth-order valence-corrected chi connectivity index (χ4v) is 1.83. The van der Waals surface area contributed by atoms with Crippen molar-refractivity contribution in [3.63, 3.8) is 0 Å². The van der Waals surface area contributed by atoms with Gasteiger partial charge in [0.1, 0.15) is 0 Å². The molecule has 1 unspecified atom stereocenters. The van der Waals surface area contributed by atoms with E-state index in [1.54, 1.807) is 7.11 Å². The van der Waals surface area contributed by atoms with E-state index in [2.05, 4.69) is 5.32 Å². The van der Waals surface area contributed by atoms with Crippen molar-refractivity contribution in [1.29, 1.82) is 0 Å². The van der Waals surface area contributed by atoms with Crippen LogP contribution in [0.15, 0.2) is 0 Å². The van der Waals surface area contributed by atoms with Crippen molar-refractivity contribution in [3.8, 4) is 0 Å². The standard InChI is InChI=1S/C11H23NO2.ClH/c1-13-7-3-8-14-9-5-11-4-2-6-12-10-11;/h11-12H,2-10H2,1H3;1H. The van der Waals surface area contributed by atoms with Crippen LogP contribution in [0.2, 0.25) is 0 Å². The van der Waals surface area contributed by atoms with E-state index in [-0.39, 0.29) is 12.4 Å². The van der Waals surface area contributed by atoms with Crippen LogP contribution in [0.25, 0.3) is 0 Å². The molecule has 1 fully saturated rings. The van der Waals surface area contributed by atoms with E-state index in [1.165, 1.54) is 32.4 Å². The maximum Gasteiger partial charge on any atom is 0.0487 e. The van der Waals surface area contributed by atoms with Gasteiger partial charge in [-0.05, 0) is 44.7 Å². The number of nitrogens with one attached hydrogen (secondary N) is 1. The van der Waals surface area contributed by atoms with Crippen LogP contribution in [0.4, 0.5) is 0 Å². The van der Waals surface area contributed by atoms with E-state index >= 15 is 0 Å². The number of piperidine rings is 1. The van der Waals surface area contributed by atoms with Crippen molar-refractivity contribution in [3.05, 3.63) is 0 Å². The summed E-state index contributed by atoms with van der Waals surface area (Å²) < 4.78 is 10.5. The van der Waals surface area contributed by atoms with Gasteiger partial charge in [0, 0.05) is 26.9 Å². The molecular formula is C11H24ClNO2. The summed E-state index contributed by atoms with van der Waals surface area (Å²) >= 11 is 0. The minimum atomic E-state index is 0. The molecular weight excluding hydrogens is 214 g/mol. The number of hydrogen-bond acceptors (Lipinski definition) is 3. The van der Waals surface area contributed by atoms with Crippen LogP contribution >= 0.6 is 12.4 Å². The van der Waals surface area contributed by atoms with Crippen molar-refractivity contribution < 1.29 is 9.47 Å². The molecule has 0 aromatic heterocycles. The van der Waals surface area contributed by atoms with Gasteiger partial charge in [0.05, 0.1) is 0 Å². The first-order valence-electron chi connectivity index (χ1n) is 5.71. The Labute approximate surface area is 99.3 Å². The molecule has 0 amide bonds.